The molecule has 5 aromatic carbocycles. The third-order valence-corrected chi connectivity index (χ3v) is 6.34. The Hall–Kier alpha value is -4.65. The monoisotopic (exact) mass is 479 g/mol. The minimum atomic E-state index is -1.52. The second-order valence-corrected chi connectivity index (χ2v) is 8.78. The Morgan fingerprint density at radius 3 is 1.84 bits per heavy atom. The zero-order chi connectivity index (χ0) is 25.2. The molecule has 0 amide bonds. The van der Waals surface area contributed by atoms with Crippen LogP contribution in [0.1, 0.15) is 0 Å². The van der Waals surface area contributed by atoms with Gasteiger partial charge in [0, 0.05) is 16.7 Å². The Bertz CT molecular complexity index is 1720. The Morgan fingerprint density at radius 1 is 0.459 bits per heavy atom. The molecule has 37 heavy (non-hydrogen) atoms. The number of hydrogen-bond donors (Lipinski definition) is 2. The molecule has 0 saturated heterocycles. The fraction of sp³-hybridized carbons (Fsp3) is 0. The molecule has 0 aliphatic rings. The number of aromatic nitrogens is 3. The summed E-state index contributed by atoms with van der Waals surface area (Å²) < 4.78 is 0. The van der Waals surface area contributed by atoms with Gasteiger partial charge in [-0.3, -0.25) is 0 Å². The Morgan fingerprint density at radius 2 is 1.03 bits per heavy atom. The molecule has 0 aliphatic heterocycles. The molecule has 176 valence electrons. The average Bonchev–Trinajstić information content (AvgIpc) is 2.97. The third-order valence-electron chi connectivity index (χ3n) is 6.34. The molecule has 2 N–H and O–H groups in total. The largest absolute Gasteiger partial charge is 0.488 e. The summed E-state index contributed by atoms with van der Waals surface area (Å²) in [6, 6.07) is 39.4. The highest BCUT2D eigenvalue weighted by Gasteiger charge is 2.15. The zero-order valence-corrected chi connectivity index (χ0v) is 19.9. The van der Waals surface area contributed by atoms with Gasteiger partial charge >= 0.3 is 7.12 Å². The first-order chi connectivity index (χ1) is 18.2. The topological polar surface area (TPSA) is 79.1 Å². The summed E-state index contributed by atoms with van der Waals surface area (Å²) in [4.78, 5) is 14.7. The number of benzene rings is 5. The van der Waals surface area contributed by atoms with Crippen molar-refractivity contribution in [2.24, 2.45) is 0 Å². The number of hydrogen-bond acceptors (Lipinski definition) is 5. The van der Waals surface area contributed by atoms with E-state index in [4.69, 9.17) is 15.0 Å². The molecule has 0 aliphatic carbocycles. The van der Waals surface area contributed by atoms with E-state index in [2.05, 4.69) is 18.2 Å². The minimum absolute atomic E-state index is 0.438. The molecule has 0 bridgehead atoms. The lowest BCUT2D eigenvalue weighted by molar-refractivity contribution is 0.426. The second-order valence-electron chi connectivity index (χ2n) is 8.78. The van der Waals surface area contributed by atoms with E-state index in [0.29, 0.717) is 22.9 Å². The van der Waals surface area contributed by atoms with Gasteiger partial charge in [0.1, 0.15) is 0 Å². The minimum Gasteiger partial charge on any atom is -0.423 e. The standard InChI is InChI=1S/C31H22BN3O2/c36-32(37)26-16-7-14-24(20-26)23-13-6-15-25(19-23)30-33-29(22-10-2-1-3-11-22)34-31(35-30)28-18-8-12-21-9-4-5-17-27(21)28/h1-20,36-37H. The molecule has 0 atom stereocenters. The number of rotatable bonds is 5. The van der Waals surface area contributed by atoms with Crippen molar-refractivity contribution in [2.75, 3.05) is 0 Å². The van der Waals surface area contributed by atoms with E-state index in [9.17, 15) is 10.0 Å². The molecule has 0 spiro atoms. The van der Waals surface area contributed by atoms with Crippen LogP contribution in [0.3, 0.4) is 0 Å². The molecule has 6 aromatic rings. The van der Waals surface area contributed by atoms with E-state index in [1.54, 1.807) is 12.1 Å². The summed E-state index contributed by atoms with van der Waals surface area (Å²) in [5.41, 5.74) is 4.93. The SMILES string of the molecule is OB(O)c1cccc(-c2cccc(-c3nc(-c4ccccc4)nc(-c4cccc5ccccc45)n3)c2)c1. The van der Waals surface area contributed by atoms with E-state index in [0.717, 1.165) is 38.6 Å². The third kappa shape index (κ3) is 4.63. The number of fused-ring (bicyclic) bond motifs is 1. The Labute approximate surface area is 214 Å². The van der Waals surface area contributed by atoms with Crippen molar-refractivity contribution in [1.82, 2.24) is 15.0 Å². The molecule has 0 fully saturated rings. The summed E-state index contributed by atoms with van der Waals surface area (Å²) in [5.74, 6) is 1.78. The molecule has 5 nitrogen and oxygen atoms in total. The molecule has 0 unspecified atom stereocenters. The predicted molar refractivity (Wildman–Crippen MR) is 149 cm³/mol. The first-order valence-corrected chi connectivity index (χ1v) is 12.0. The highest BCUT2D eigenvalue weighted by atomic mass is 16.4. The maximum absolute atomic E-state index is 9.61. The van der Waals surface area contributed by atoms with E-state index < -0.39 is 7.12 Å². The van der Waals surface area contributed by atoms with Crippen molar-refractivity contribution in [3.8, 4) is 45.3 Å². The van der Waals surface area contributed by atoms with Crippen LogP contribution in [0.2, 0.25) is 0 Å². The van der Waals surface area contributed by atoms with Crippen molar-refractivity contribution in [2.45, 2.75) is 0 Å². The van der Waals surface area contributed by atoms with Crippen molar-refractivity contribution >= 4 is 23.4 Å². The van der Waals surface area contributed by atoms with Crippen LogP contribution in [0.15, 0.2) is 121 Å². The average molecular weight is 479 g/mol. The molecule has 1 heterocycles. The summed E-state index contributed by atoms with van der Waals surface area (Å²) in [7, 11) is -1.52. The van der Waals surface area contributed by atoms with Gasteiger partial charge in [-0.25, -0.2) is 15.0 Å². The van der Waals surface area contributed by atoms with E-state index in [1.165, 1.54) is 0 Å². The van der Waals surface area contributed by atoms with Gasteiger partial charge in [-0.15, -0.1) is 0 Å². The second kappa shape index (κ2) is 9.78. The van der Waals surface area contributed by atoms with E-state index in [-0.39, 0.29) is 0 Å². The molecular formula is C31H22BN3O2. The quantitative estimate of drug-likeness (QED) is 0.325. The molecular weight excluding hydrogens is 457 g/mol. The van der Waals surface area contributed by atoms with Crippen LogP contribution in [0.4, 0.5) is 0 Å². The van der Waals surface area contributed by atoms with E-state index >= 15 is 0 Å². The summed E-state index contributed by atoms with van der Waals surface area (Å²) in [6.07, 6.45) is 0. The maximum atomic E-state index is 9.61. The lowest BCUT2D eigenvalue weighted by Crippen LogP contribution is -2.29. The molecule has 1 aromatic heterocycles. The molecule has 6 rings (SSSR count). The lowest BCUT2D eigenvalue weighted by Gasteiger charge is -2.11. The fourth-order valence-corrected chi connectivity index (χ4v) is 4.48. The first-order valence-electron chi connectivity index (χ1n) is 12.0. The van der Waals surface area contributed by atoms with Gasteiger partial charge in [-0.2, -0.15) is 0 Å². The van der Waals surface area contributed by atoms with Crippen molar-refractivity contribution in [1.29, 1.82) is 0 Å². The molecule has 0 saturated carbocycles. The maximum Gasteiger partial charge on any atom is 0.488 e. The Balaban J connectivity index is 1.53. The smallest absolute Gasteiger partial charge is 0.423 e. The molecule has 6 heteroatoms. The van der Waals surface area contributed by atoms with Crippen LogP contribution in [0.5, 0.6) is 0 Å². The molecule has 0 radical (unpaired) electrons. The van der Waals surface area contributed by atoms with Crippen molar-refractivity contribution in [3.05, 3.63) is 121 Å². The van der Waals surface area contributed by atoms with Gasteiger partial charge in [-0.1, -0.05) is 115 Å². The van der Waals surface area contributed by atoms with Crippen molar-refractivity contribution < 1.29 is 10.0 Å². The lowest BCUT2D eigenvalue weighted by atomic mass is 9.79. The first kappa shape index (κ1) is 22.8. The summed E-state index contributed by atoms with van der Waals surface area (Å²) in [5, 5.41) is 21.4. The van der Waals surface area contributed by atoms with Gasteiger partial charge in [0.2, 0.25) is 0 Å². The van der Waals surface area contributed by atoms with E-state index in [1.807, 2.05) is 91.0 Å². The van der Waals surface area contributed by atoms with Crippen LogP contribution in [0, 0.1) is 0 Å². The van der Waals surface area contributed by atoms with Crippen molar-refractivity contribution in [3.63, 3.8) is 0 Å². The highest BCUT2D eigenvalue weighted by Crippen LogP contribution is 2.30. The van der Waals surface area contributed by atoms with Crippen LogP contribution in [-0.2, 0) is 0 Å². The van der Waals surface area contributed by atoms with Crippen LogP contribution in [-0.4, -0.2) is 32.1 Å². The van der Waals surface area contributed by atoms with Gasteiger partial charge in [-0.05, 0) is 33.4 Å². The number of nitrogens with zero attached hydrogens (tertiary/aromatic N) is 3. The summed E-state index contributed by atoms with van der Waals surface area (Å²) in [6.45, 7) is 0. The van der Waals surface area contributed by atoms with Crippen LogP contribution < -0.4 is 5.46 Å². The highest BCUT2D eigenvalue weighted by molar-refractivity contribution is 6.58. The zero-order valence-electron chi connectivity index (χ0n) is 19.9. The van der Waals surface area contributed by atoms with Gasteiger partial charge in [0.05, 0.1) is 0 Å². The fourth-order valence-electron chi connectivity index (χ4n) is 4.48. The Kier molecular flexibility index (Phi) is 6.02. The predicted octanol–water partition coefficient (Wildman–Crippen LogP) is 5.37. The van der Waals surface area contributed by atoms with Gasteiger partial charge in [0.25, 0.3) is 0 Å². The van der Waals surface area contributed by atoms with Gasteiger partial charge < -0.3 is 10.0 Å². The summed E-state index contributed by atoms with van der Waals surface area (Å²) >= 11 is 0. The van der Waals surface area contributed by atoms with Crippen LogP contribution in [0.25, 0.3) is 56.1 Å². The normalized spacial score (nSPS) is 11.0. The van der Waals surface area contributed by atoms with Crippen LogP contribution >= 0.6 is 0 Å². The van der Waals surface area contributed by atoms with Gasteiger partial charge in [0.15, 0.2) is 17.5 Å².